The highest BCUT2D eigenvalue weighted by molar-refractivity contribution is 7.80. The highest BCUT2D eigenvalue weighted by Gasteiger charge is 2.36. The molecule has 3 N–H and O–H groups in total. The van der Waals surface area contributed by atoms with E-state index in [1.807, 2.05) is 0 Å². The van der Waals surface area contributed by atoms with Crippen molar-refractivity contribution >= 4 is 17.3 Å². The molecule has 2 aliphatic rings. The Labute approximate surface area is 109 Å². The van der Waals surface area contributed by atoms with Gasteiger partial charge in [0.1, 0.15) is 0 Å². The van der Waals surface area contributed by atoms with Gasteiger partial charge in [0.25, 0.3) is 0 Å². The van der Waals surface area contributed by atoms with E-state index in [4.69, 9.17) is 17.3 Å². The Morgan fingerprint density at radius 2 is 2.18 bits per heavy atom. The van der Waals surface area contributed by atoms with Crippen LogP contribution >= 0.6 is 12.2 Å². The molecule has 2 rings (SSSR count). The van der Waals surface area contributed by atoms with Crippen molar-refractivity contribution in [2.45, 2.75) is 44.7 Å². The fourth-order valence-electron chi connectivity index (χ4n) is 2.80. The van der Waals surface area contributed by atoms with Crippen molar-refractivity contribution in [1.29, 1.82) is 0 Å². The van der Waals surface area contributed by atoms with E-state index in [0.717, 1.165) is 11.0 Å². The van der Waals surface area contributed by atoms with E-state index in [9.17, 15) is 0 Å². The highest BCUT2D eigenvalue weighted by Crippen LogP contribution is 2.38. The summed E-state index contributed by atoms with van der Waals surface area (Å²) in [5.74, 6) is 1.41. The van der Waals surface area contributed by atoms with Gasteiger partial charge < -0.3 is 15.7 Å². The van der Waals surface area contributed by atoms with Crippen LogP contribution in [0.3, 0.4) is 0 Å². The first-order valence-electron chi connectivity index (χ1n) is 6.38. The number of aliphatic hydroxyl groups is 1. The van der Waals surface area contributed by atoms with Crippen molar-refractivity contribution in [2.24, 2.45) is 11.8 Å². The maximum Gasteiger partial charge on any atom is 0.166 e. The molecule has 0 aromatic carbocycles. The second kappa shape index (κ2) is 4.94. The van der Waals surface area contributed by atoms with E-state index in [0.29, 0.717) is 18.4 Å². The Morgan fingerprint density at radius 1 is 1.41 bits per heavy atom. The molecular formula is C13H22N2OS. The number of allylic oxidation sites excluding steroid dienone is 1. The summed E-state index contributed by atoms with van der Waals surface area (Å²) < 4.78 is 0. The molecule has 17 heavy (non-hydrogen) atoms. The quantitative estimate of drug-likeness (QED) is 0.526. The molecular weight excluding hydrogens is 232 g/mol. The molecule has 0 saturated heterocycles. The van der Waals surface area contributed by atoms with Crippen LogP contribution in [0.1, 0.15) is 33.1 Å². The zero-order valence-electron chi connectivity index (χ0n) is 10.6. The zero-order chi connectivity index (χ0) is 12.5. The Kier molecular flexibility index (Phi) is 3.73. The average Bonchev–Trinajstić information content (AvgIpc) is 2.77. The summed E-state index contributed by atoms with van der Waals surface area (Å²) in [6, 6.07) is 0.495. The van der Waals surface area contributed by atoms with E-state index in [1.165, 1.54) is 12.8 Å². The predicted octanol–water partition coefficient (Wildman–Crippen LogP) is 1.58. The van der Waals surface area contributed by atoms with Crippen LogP contribution in [-0.2, 0) is 0 Å². The normalized spacial score (nSPS) is 30.6. The third-order valence-corrected chi connectivity index (χ3v) is 4.00. The fraction of sp³-hybridized carbons (Fsp3) is 0.769. The Morgan fingerprint density at radius 3 is 2.71 bits per heavy atom. The molecule has 0 aromatic rings. The molecule has 0 aliphatic heterocycles. The smallest absolute Gasteiger partial charge is 0.166 e. The molecule has 1 saturated carbocycles. The summed E-state index contributed by atoms with van der Waals surface area (Å²) in [5, 5.41) is 16.4. The monoisotopic (exact) mass is 254 g/mol. The largest absolute Gasteiger partial charge is 0.396 e. The second-order valence-corrected chi connectivity index (χ2v) is 6.25. The number of hydrogen-bond acceptors (Lipinski definition) is 2. The van der Waals surface area contributed by atoms with Crippen LogP contribution in [0.15, 0.2) is 12.2 Å². The van der Waals surface area contributed by atoms with Crippen LogP contribution in [0, 0.1) is 11.8 Å². The predicted molar refractivity (Wildman–Crippen MR) is 73.8 cm³/mol. The molecule has 2 bridgehead atoms. The van der Waals surface area contributed by atoms with E-state index in [2.05, 4.69) is 36.6 Å². The Bertz CT molecular complexity index is 327. The van der Waals surface area contributed by atoms with Crippen molar-refractivity contribution in [1.82, 2.24) is 10.6 Å². The minimum absolute atomic E-state index is 0.147. The lowest BCUT2D eigenvalue weighted by Gasteiger charge is -2.30. The van der Waals surface area contributed by atoms with Crippen LogP contribution in [0.5, 0.6) is 0 Å². The number of hydrogen-bond donors (Lipinski definition) is 3. The number of fused-ring (bicyclic) bond motifs is 2. The fourth-order valence-corrected chi connectivity index (χ4v) is 3.23. The van der Waals surface area contributed by atoms with E-state index >= 15 is 0 Å². The maximum atomic E-state index is 8.97. The van der Waals surface area contributed by atoms with Crippen LogP contribution in [0.4, 0.5) is 0 Å². The molecule has 1 fully saturated rings. The number of rotatable bonds is 4. The summed E-state index contributed by atoms with van der Waals surface area (Å²) in [7, 11) is 0. The van der Waals surface area contributed by atoms with Gasteiger partial charge in [0.05, 0.1) is 0 Å². The molecule has 4 heteroatoms. The van der Waals surface area contributed by atoms with Gasteiger partial charge >= 0.3 is 0 Å². The highest BCUT2D eigenvalue weighted by atomic mass is 32.1. The molecule has 0 amide bonds. The van der Waals surface area contributed by atoms with Crippen molar-refractivity contribution in [3.05, 3.63) is 12.2 Å². The lowest BCUT2D eigenvalue weighted by molar-refractivity contribution is 0.244. The molecule has 2 aliphatic carbocycles. The van der Waals surface area contributed by atoms with Gasteiger partial charge in [-0.2, -0.15) is 0 Å². The van der Waals surface area contributed by atoms with Gasteiger partial charge in [0.15, 0.2) is 5.11 Å². The van der Waals surface area contributed by atoms with E-state index in [-0.39, 0.29) is 12.1 Å². The third-order valence-electron chi connectivity index (χ3n) is 3.78. The van der Waals surface area contributed by atoms with Gasteiger partial charge in [0.2, 0.25) is 0 Å². The van der Waals surface area contributed by atoms with Crippen molar-refractivity contribution in [2.75, 3.05) is 6.61 Å². The maximum absolute atomic E-state index is 8.97. The second-order valence-electron chi connectivity index (χ2n) is 5.84. The van der Waals surface area contributed by atoms with Crippen LogP contribution < -0.4 is 10.6 Å². The standard InChI is InChI=1S/C13H22N2OS/c1-13(2,5-6-16)15-12(17)14-11-8-9-3-4-10(11)7-9/h3-4,9-11,16H,5-8H2,1-2H3,(H2,14,15,17)/t9-,10+,11-/m0/s1. The van der Waals surface area contributed by atoms with Gasteiger partial charge in [-0.1, -0.05) is 12.2 Å². The first-order chi connectivity index (χ1) is 8.00. The van der Waals surface area contributed by atoms with Gasteiger partial charge in [0, 0.05) is 18.2 Å². The summed E-state index contributed by atoms with van der Waals surface area (Å²) in [5.41, 5.74) is -0.147. The number of thiocarbonyl (C=S) groups is 1. The lowest BCUT2D eigenvalue weighted by atomic mass is 10.0. The third kappa shape index (κ3) is 3.19. The Balaban J connectivity index is 1.80. The Hall–Kier alpha value is -0.610. The molecule has 0 spiro atoms. The summed E-state index contributed by atoms with van der Waals surface area (Å²) in [6.07, 6.45) is 7.82. The van der Waals surface area contributed by atoms with E-state index in [1.54, 1.807) is 0 Å². The number of nitrogens with one attached hydrogen (secondary N) is 2. The molecule has 0 heterocycles. The van der Waals surface area contributed by atoms with E-state index < -0.39 is 0 Å². The zero-order valence-corrected chi connectivity index (χ0v) is 11.4. The van der Waals surface area contributed by atoms with Gasteiger partial charge in [-0.15, -0.1) is 0 Å². The van der Waals surface area contributed by atoms with Crippen LogP contribution in [-0.4, -0.2) is 28.4 Å². The molecule has 3 nitrogen and oxygen atoms in total. The van der Waals surface area contributed by atoms with Crippen LogP contribution in [0.2, 0.25) is 0 Å². The van der Waals surface area contributed by atoms with Crippen molar-refractivity contribution in [3.63, 3.8) is 0 Å². The minimum atomic E-state index is -0.147. The van der Waals surface area contributed by atoms with Gasteiger partial charge in [-0.3, -0.25) is 0 Å². The molecule has 3 atom stereocenters. The van der Waals surface area contributed by atoms with Crippen molar-refractivity contribution < 1.29 is 5.11 Å². The first-order valence-corrected chi connectivity index (χ1v) is 6.79. The summed E-state index contributed by atoms with van der Waals surface area (Å²) in [4.78, 5) is 0. The number of aliphatic hydroxyl groups excluding tert-OH is 1. The molecule has 0 unspecified atom stereocenters. The summed E-state index contributed by atoms with van der Waals surface area (Å²) >= 11 is 5.34. The van der Waals surface area contributed by atoms with Crippen molar-refractivity contribution in [3.8, 4) is 0 Å². The first kappa shape index (κ1) is 12.8. The average molecular weight is 254 g/mol. The van der Waals surface area contributed by atoms with Crippen LogP contribution in [0.25, 0.3) is 0 Å². The van der Waals surface area contributed by atoms with Gasteiger partial charge in [-0.05, 0) is 57.2 Å². The minimum Gasteiger partial charge on any atom is -0.396 e. The topological polar surface area (TPSA) is 44.3 Å². The molecule has 96 valence electrons. The summed E-state index contributed by atoms with van der Waals surface area (Å²) in [6.45, 7) is 4.29. The molecule has 0 aromatic heterocycles. The lowest BCUT2D eigenvalue weighted by Crippen LogP contribution is -2.51. The van der Waals surface area contributed by atoms with Gasteiger partial charge in [-0.25, -0.2) is 0 Å². The SMILES string of the molecule is CC(C)(CCO)NC(=S)N[C@H]1C[C@H]2C=C[C@@H]1C2. The molecule has 0 radical (unpaired) electrons.